The largest absolute Gasteiger partial charge is 0.328 e. The van der Waals surface area contributed by atoms with Crippen molar-refractivity contribution in [3.8, 4) is 0 Å². The SMILES string of the molecule is CCc1cc2c(s1)C(=O)N(CC(=O)Nc1ncc(C)cn1)CC21CC1. The van der Waals surface area contributed by atoms with Gasteiger partial charge in [0.05, 0.1) is 4.88 Å². The van der Waals surface area contributed by atoms with Crippen LogP contribution in [0.3, 0.4) is 0 Å². The van der Waals surface area contributed by atoms with Crippen LogP contribution in [-0.4, -0.2) is 39.8 Å². The first-order valence-corrected chi connectivity index (χ1v) is 9.33. The first-order chi connectivity index (χ1) is 12.0. The van der Waals surface area contributed by atoms with Crippen molar-refractivity contribution < 1.29 is 9.59 Å². The van der Waals surface area contributed by atoms with Crippen LogP contribution in [0, 0.1) is 6.92 Å². The molecule has 25 heavy (non-hydrogen) atoms. The lowest BCUT2D eigenvalue weighted by Crippen LogP contribution is -2.46. The number of fused-ring (bicyclic) bond motifs is 2. The highest BCUT2D eigenvalue weighted by Crippen LogP contribution is 2.54. The zero-order valence-electron chi connectivity index (χ0n) is 14.3. The predicted octanol–water partition coefficient (Wildman–Crippen LogP) is 2.54. The normalized spacial score (nSPS) is 17.5. The summed E-state index contributed by atoms with van der Waals surface area (Å²) in [4.78, 5) is 37.0. The van der Waals surface area contributed by atoms with E-state index in [0.29, 0.717) is 6.54 Å². The molecule has 1 fully saturated rings. The predicted molar refractivity (Wildman–Crippen MR) is 95.9 cm³/mol. The Hall–Kier alpha value is -2.28. The maximum absolute atomic E-state index is 12.8. The third-order valence-electron chi connectivity index (χ3n) is 4.90. The van der Waals surface area contributed by atoms with Gasteiger partial charge in [0, 0.05) is 29.2 Å². The molecule has 2 amide bonds. The lowest BCUT2D eigenvalue weighted by atomic mass is 9.91. The summed E-state index contributed by atoms with van der Waals surface area (Å²) in [6.07, 6.45) is 6.42. The molecule has 1 N–H and O–H groups in total. The van der Waals surface area contributed by atoms with Crippen LogP contribution in [0.4, 0.5) is 5.95 Å². The minimum atomic E-state index is -0.260. The third kappa shape index (κ3) is 2.93. The fourth-order valence-corrected chi connectivity index (χ4v) is 4.52. The molecule has 3 heterocycles. The van der Waals surface area contributed by atoms with Gasteiger partial charge in [0.1, 0.15) is 6.54 Å². The maximum atomic E-state index is 12.8. The number of thiophene rings is 1. The summed E-state index contributed by atoms with van der Waals surface area (Å²) in [5, 5.41) is 2.67. The number of rotatable bonds is 4. The monoisotopic (exact) mass is 356 g/mol. The van der Waals surface area contributed by atoms with Crippen molar-refractivity contribution in [3.05, 3.63) is 39.3 Å². The van der Waals surface area contributed by atoms with E-state index in [9.17, 15) is 9.59 Å². The van der Waals surface area contributed by atoms with Crippen LogP contribution >= 0.6 is 11.3 Å². The standard InChI is InChI=1S/C18H20N4O2S/c1-3-12-6-13-15(25-12)16(24)22(10-18(13)4-5-18)9-14(23)21-17-19-7-11(2)8-20-17/h6-8H,3-5,9-10H2,1-2H3,(H,19,20,21,23). The van der Waals surface area contributed by atoms with Gasteiger partial charge >= 0.3 is 0 Å². The zero-order chi connectivity index (χ0) is 17.6. The topological polar surface area (TPSA) is 75.2 Å². The third-order valence-corrected chi connectivity index (χ3v) is 6.17. The Morgan fingerprint density at radius 3 is 2.72 bits per heavy atom. The van der Waals surface area contributed by atoms with Gasteiger partial charge in [-0.3, -0.25) is 14.9 Å². The summed E-state index contributed by atoms with van der Waals surface area (Å²) in [6, 6.07) is 2.20. The van der Waals surface area contributed by atoms with Crippen molar-refractivity contribution in [3.63, 3.8) is 0 Å². The van der Waals surface area contributed by atoms with E-state index < -0.39 is 0 Å². The molecule has 2 aliphatic rings. The second kappa shape index (κ2) is 5.91. The molecule has 0 unspecified atom stereocenters. The van der Waals surface area contributed by atoms with E-state index in [4.69, 9.17) is 0 Å². The molecule has 0 saturated heterocycles. The molecule has 4 rings (SSSR count). The first kappa shape index (κ1) is 16.2. The number of anilines is 1. The molecule has 0 bridgehead atoms. The van der Waals surface area contributed by atoms with Crippen molar-refractivity contribution >= 4 is 29.1 Å². The highest BCUT2D eigenvalue weighted by molar-refractivity contribution is 7.14. The van der Waals surface area contributed by atoms with Gasteiger partial charge in [-0.05, 0) is 43.4 Å². The number of hydrogen-bond acceptors (Lipinski definition) is 5. The van der Waals surface area contributed by atoms with Crippen LogP contribution in [0.15, 0.2) is 18.5 Å². The van der Waals surface area contributed by atoms with Gasteiger partial charge in [0.15, 0.2) is 0 Å². The molecule has 1 aliphatic carbocycles. The highest BCUT2D eigenvalue weighted by Gasteiger charge is 2.52. The van der Waals surface area contributed by atoms with E-state index >= 15 is 0 Å². The summed E-state index contributed by atoms with van der Waals surface area (Å²) in [5.41, 5.74) is 2.21. The molecule has 0 radical (unpaired) electrons. The summed E-state index contributed by atoms with van der Waals surface area (Å²) < 4.78 is 0. The summed E-state index contributed by atoms with van der Waals surface area (Å²) in [5.74, 6) is -0.0211. The molecule has 6 nitrogen and oxygen atoms in total. The van der Waals surface area contributed by atoms with Crippen LogP contribution in [0.2, 0.25) is 0 Å². The average Bonchev–Trinajstić information content (AvgIpc) is 3.21. The van der Waals surface area contributed by atoms with Crippen LogP contribution < -0.4 is 5.32 Å². The molecular formula is C18H20N4O2S. The minimum absolute atomic E-state index is 0.0304. The zero-order valence-corrected chi connectivity index (χ0v) is 15.2. The molecule has 0 atom stereocenters. The average molecular weight is 356 g/mol. The highest BCUT2D eigenvalue weighted by atomic mass is 32.1. The number of nitrogens with one attached hydrogen (secondary N) is 1. The number of nitrogens with zero attached hydrogens (tertiary/aromatic N) is 3. The second-order valence-electron chi connectivity index (χ2n) is 6.88. The van der Waals surface area contributed by atoms with Gasteiger partial charge < -0.3 is 4.90 Å². The van der Waals surface area contributed by atoms with E-state index in [1.807, 2.05) is 6.92 Å². The Morgan fingerprint density at radius 2 is 2.08 bits per heavy atom. The Bertz CT molecular complexity index is 839. The summed E-state index contributed by atoms with van der Waals surface area (Å²) in [7, 11) is 0. The number of carbonyl (C=O) groups excluding carboxylic acids is 2. The first-order valence-electron chi connectivity index (χ1n) is 8.52. The van der Waals surface area contributed by atoms with E-state index in [2.05, 4.69) is 28.3 Å². The Morgan fingerprint density at radius 1 is 1.36 bits per heavy atom. The lowest BCUT2D eigenvalue weighted by Gasteiger charge is -2.32. The van der Waals surface area contributed by atoms with Crippen molar-refractivity contribution in [2.45, 2.75) is 38.5 Å². The molecule has 2 aromatic heterocycles. The van der Waals surface area contributed by atoms with Crippen molar-refractivity contribution in [1.29, 1.82) is 0 Å². The Kier molecular flexibility index (Phi) is 3.83. The van der Waals surface area contributed by atoms with Gasteiger partial charge in [-0.25, -0.2) is 9.97 Å². The fraction of sp³-hybridized carbons (Fsp3) is 0.444. The van der Waals surface area contributed by atoms with Crippen molar-refractivity contribution in [1.82, 2.24) is 14.9 Å². The van der Waals surface area contributed by atoms with Gasteiger partial charge in [-0.15, -0.1) is 11.3 Å². The van der Waals surface area contributed by atoms with Gasteiger partial charge in [0.2, 0.25) is 11.9 Å². The molecular weight excluding hydrogens is 336 g/mol. The van der Waals surface area contributed by atoms with Gasteiger partial charge in [-0.1, -0.05) is 6.92 Å². The van der Waals surface area contributed by atoms with Crippen LogP contribution in [0.1, 0.15) is 45.4 Å². The van der Waals surface area contributed by atoms with Crippen LogP contribution in [0.5, 0.6) is 0 Å². The van der Waals surface area contributed by atoms with E-state index in [0.717, 1.165) is 29.7 Å². The van der Waals surface area contributed by atoms with Crippen molar-refractivity contribution in [2.75, 3.05) is 18.4 Å². The quantitative estimate of drug-likeness (QED) is 0.913. The minimum Gasteiger partial charge on any atom is -0.328 e. The van der Waals surface area contributed by atoms with E-state index in [1.165, 1.54) is 10.4 Å². The van der Waals surface area contributed by atoms with Gasteiger partial charge in [0.25, 0.3) is 5.91 Å². The molecule has 1 aliphatic heterocycles. The molecule has 1 saturated carbocycles. The van der Waals surface area contributed by atoms with Gasteiger partial charge in [-0.2, -0.15) is 0 Å². The lowest BCUT2D eigenvalue weighted by molar-refractivity contribution is -0.117. The Balaban J connectivity index is 1.50. The molecule has 2 aromatic rings. The second-order valence-corrected chi connectivity index (χ2v) is 8.02. The fourth-order valence-electron chi connectivity index (χ4n) is 3.34. The number of carbonyl (C=O) groups is 2. The molecule has 0 aromatic carbocycles. The molecule has 7 heteroatoms. The van der Waals surface area contributed by atoms with Crippen molar-refractivity contribution in [2.24, 2.45) is 0 Å². The molecule has 130 valence electrons. The number of amides is 2. The number of aromatic nitrogens is 2. The van der Waals surface area contributed by atoms with Crippen LogP contribution in [-0.2, 0) is 16.6 Å². The summed E-state index contributed by atoms with van der Waals surface area (Å²) in [6.45, 7) is 4.65. The van der Waals surface area contributed by atoms with E-state index in [1.54, 1.807) is 28.6 Å². The van der Waals surface area contributed by atoms with E-state index in [-0.39, 0.29) is 29.7 Å². The number of aryl methyl sites for hydroxylation is 2. The number of hydrogen-bond donors (Lipinski definition) is 1. The Labute approximate surface area is 150 Å². The molecule has 1 spiro atoms. The smallest absolute Gasteiger partial charge is 0.264 e. The summed E-state index contributed by atoms with van der Waals surface area (Å²) >= 11 is 1.57. The maximum Gasteiger partial charge on any atom is 0.264 e. The van der Waals surface area contributed by atoms with Crippen LogP contribution in [0.25, 0.3) is 0 Å².